The number of methoxy groups -OCH3 is 1. The van der Waals surface area contributed by atoms with Crippen LogP contribution >= 0.6 is 0 Å². The minimum absolute atomic E-state index is 0.0418. The number of hydrogen-bond acceptors (Lipinski definition) is 4. The van der Waals surface area contributed by atoms with E-state index in [0.29, 0.717) is 13.2 Å². The number of benzene rings is 1. The van der Waals surface area contributed by atoms with Gasteiger partial charge < -0.3 is 24.4 Å². The molecular formula is C20H31N3O3. The molecule has 0 aliphatic carbocycles. The summed E-state index contributed by atoms with van der Waals surface area (Å²) in [6.07, 6.45) is 2.52. The van der Waals surface area contributed by atoms with Crippen LogP contribution in [0.2, 0.25) is 0 Å². The monoisotopic (exact) mass is 361 g/mol. The molecule has 0 aromatic heterocycles. The van der Waals surface area contributed by atoms with Gasteiger partial charge in [0.2, 0.25) is 0 Å². The smallest absolute Gasteiger partial charge is 0.194 e. The lowest BCUT2D eigenvalue weighted by atomic mass is 10.1. The molecule has 1 N–H and O–H groups in total. The molecule has 2 aliphatic heterocycles. The predicted molar refractivity (Wildman–Crippen MR) is 102 cm³/mol. The molecule has 2 fully saturated rings. The number of rotatable bonds is 6. The average molecular weight is 361 g/mol. The summed E-state index contributed by atoms with van der Waals surface area (Å²) in [5, 5.41) is 3.42. The maximum absolute atomic E-state index is 5.96. The summed E-state index contributed by atoms with van der Waals surface area (Å²) < 4.78 is 17.4. The Hall–Kier alpha value is -1.63. The van der Waals surface area contributed by atoms with Crippen molar-refractivity contribution in [3.63, 3.8) is 0 Å². The van der Waals surface area contributed by atoms with Crippen LogP contribution in [-0.4, -0.2) is 69.6 Å². The molecule has 6 nitrogen and oxygen atoms in total. The zero-order valence-electron chi connectivity index (χ0n) is 15.9. The Bertz CT molecular complexity index is 561. The maximum Gasteiger partial charge on any atom is 0.194 e. The van der Waals surface area contributed by atoms with Crippen molar-refractivity contribution in [3.05, 3.63) is 35.9 Å². The summed E-state index contributed by atoms with van der Waals surface area (Å²) in [5.41, 5.74) is 1.15. The summed E-state index contributed by atoms with van der Waals surface area (Å²) in [5.74, 6) is 0.928. The normalized spacial score (nSPS) is 25.3. The topological polar surface area (TPSA) is 55.3 Å². The average Bonchev–Trinajstić information content (AvgIpc) is 3.23. The molecule has 0 bridgehead atoms. The van der Waals surface area contributed by atoms with E-state index in [1.54, 1.807) is 7.11 Å². The van der Waals surface area contributed by atoms with E-state index in [4.69, 9.17) is 19.2 Å². The van der Waals surface area contributed by atoms with Gasteiger partial charge in [-0.3, -0.25) is 4.99 Å². The van der Waals surface area contributed by atoms with E-state index in [0.717, 1.165) is 50.6 Å². The molecule has 144 valence electrons. The van der Waals surface area contributed by atoms with Gasteiger partial charge in [-0.25, -0.2) is 0 Å². The zero-order valence-corrected chi connectivity index (χ0v) is 15.9. The molecule has 0 radical (unpaired) electrons. The van der Waals surface area contributed by atoms with E-state index in [1.807, 2.05) is 18.2 Å². The van der Waals surface area contributed by atoms with Gasteiger partial charge in [0, 0.05) is 33.4 Å². The maximum atomic E-state index is 5.96. The number of nitrogens with zero attached hydrogens (tertiary/aromatic N) is 2. The zero-order chi connectivity index (χ0) is 18.2. The second-order valence-corrected chi connectivity index (χ2v) is 6.74. The standard InChI is InChI=1S/C20H31N3O3/c1-3-21-20(22-14-18(24-2)16-8-5-4-6-9-16)23-11-13-26-19(15-23)17-10-7-12-25-17/h4-6,8-9,17-19H,3,7,10-15H2,1-2H3,(H,21,22). The summed E-state index contributed by atoms with van der Waals surface area (Å²) in [6.45, 7) is 6.75. The summed E-state index contributed by atoms with van der Waals surface area (Å²) >= 11 is 0. The third-order valence-corrected chi connectivity index (χ3v) is 4.97. The third kappa shape index (κ3) is 4.96. The number of guanidine groups is 1. The van der Waals surface area contributed by atoms with Gasteiger partial charge in [0.05, 0.1) is 19.3 Å². The van der Waals surface area contributed by atoms with E-state index < -0.39 is 0 Å². The molecule has 0 spiro atoms. The van der Waals surface area contributed by atoms with Crippen molar-refractivity contribution in [1.29, 1.82) is 0 Å². The first kappa shape index (κ1) is 19.1. The van der Waals surface area contributed by atoms with Gasteiger partial charge in [0.1, 0.15) is 12.2 Å². The molecule has 6 heteroatoms. The number of ether oxygens (including phenoxy) is 3. The SMILES string of the molecule is CCNC(=NCC(OC)c1ccccc1)N1CCOC(C2CCCO2)C1. The highest BCUT2D eigenvalue weighted by atomic mass is 16.5. The van der Waals surface area contributed by atoms with Crippen LogP contribution in [0.5, 0.6) is 0 Å². The van der Waals surface area contributed by atoms with Crippen LogP contribution in [0.4, 0.5) is 0 Å². The highest BCUT2D eigenvalue weighted by molar-refractivity contribution is 5.80. The lowest BCUT2D eigenvalue weighted by molar-refractivity contribution is -0.0817. The van der Waals surface area contributed by atoms with Crippen molar-refractivity contribution < 1.29 is 14.2 Å². The lowest BCUT2D eigenvalue weighted by Crippen LogP contribution is -2.53. The van der Waals surface area contributed by atoms with Crippen LogP contribution in [0.1, 0.15) is 31.4 Å². The largest absolute Gasteiger partial charge is 0.375 e. The van der Waals surface area contributed by atoms with Gasteiger partial charge in [0.25, 0.3) is 0 Å². The summed E-state index contributed by atoms with van der Waals surface area (Å²) in [7, 11) is 1.74. The van der Waals surface area contributed by atoms with Gasteiger partial charge >= 0.3 is 0 Å². The highest BCUT2D eigenvalue weighted by Gasteiger charge is 2.32. The van der Waals surface area contributed by atoms with Gasteiger partial charge in [-0.2, -0.15) is 0 Å². The molecule has 2 heterocycles. The van der Waals surface area contributed by atoms with E-state index in [9.17, 15) is 0 Å². The number of morpholine rings is 1. The van der Waals surface area contributed by atoms with Crippen molar-refractivity contribution in [3.8, 4) is 0 Å². The molecule has 0 saturated carbocycles. The fourth-order valence-electron chi connectivity index (χ4n) is 3.57. The summed E-state index contributed by atoms with van der Waals surface area (Å²) in [4.78, 5) is 7.14. The Balaban J connectivity index is 1.65. The van der Waals surface area contributed by atoms with E-state index in [2.05, 4.69) is 29.3 Å². The van der Waals surface area contributed by atoms with Crippen LogP contribution in [0, 0.1) is 0 Å². The van der Waals surface area contributed by atoms with Crippen molar-refractivity contribution >= 4 is 5.96 Å². The highest BCUT2D eigenvalue weighted by Crippen LogP contribution is 2.21. The van der Waals surface area contributed by atoms with Crippen LogP contribution < -0.4 is 5.32 Å². The van der Waals surface area contributed by atoms with E-state index in [1.165, 1.54) is 0 Å². The fraction of sp³-hybridized carbons (Fsp3) is 0.650. The molecule has 3 unspecified atom stereocenters. The molecule has 0 amide bonds. The molecular weight excluding hydrogens is 330 g/mol. The Morgan fingerprint density at radius 3 is 2.77 bits per heavy atom. The number of nitrogens with one attached hydrogen (secondary N) is 1. The minimum Gasteiger partial charge on any atom is -0.375 e. The third-order valence-electron chi connectivity index (χ3n) is 4.97. The molecule has 1 aromatic rings. The number of aliphatic imine (C=N–C) groups is 1. The van der Waals surface area contributed by atoms with Crippen LogP contribution in [0.15, 0.2) is 35.3 Å². The lowest BCUT2D eigenvalue weighted by Gasteiger charge is -2.37. The molecule has 2 saturated heterocycles. The molecule has 3 rings (SSSR count). The summed E-state index contributed by atoms with van der Waals surface area (Å²) in [6, 6.07) is 10.2. The van der Waals surface area contributed by atoms with Crippen LogP contribution in [0.3, 0.4) is 0 Å². The molecule has 1 aromatic carbocycles. The molecule has 26 heavy (non-hydrogen) atoms. The number of hydrogen-bond donors (Lipinski definition) is 1. The quantitative estimate of drug-likeness (QED) is 0.622. The van der Waals surface area contributed by atoms with E-state index >= 15 is 0 Å². The first-order valence-corrected chi connectivity index (χ1v) is 9.66. The Morgan fingerprint density at radius 2 is 2.08 bits per heavy atom. The Kier molecular flexibility index (Phi) is 7.29. The van der Waals surface area contributed by atoms with Crippen molar-refractivity contribution in [2.45, 2.75) is 38.1 Å². The van der Waals surface area contributed by atoms with Gasteiger partial charge in [0.15, 0.2) is 5.96 Å². The first-order valence-electron chi connectivity index (χ1n) is 9.66. The van der Waals surface area contributed by atoms with Crippen LogP contribution in [-0.2, 0) is 14.2 Å². The second-order valence-electron chi connectivity index (χ2n) is 6.74. The second kappa shape index (κ2) is 9.90. The van der Waals surface area contributed by atoms with Crippen molar-refractivity contribution in [2.75, 3.05) is 46.5 Å². The molecule has 2 aliphatic rings. The van der Waals surface area contributed by atoms with Gasteiger partial charge in [-0.1, -0.05) is 30.3 Å². The van der Waals surface area contributed by atoms with Crippen LogP contribution in [0.25, 0.3) is 0 Å². The van der Waals surface area contributed by atoms with Gasteiger partial charge in [-0.15, -0.1) is 0 Å². The molecule has 3 atom stereocenters. The minimum atomic E-state index is -0.0418. The predicted octanol–water partition coefficient (Wildman–Crippen LogP) is 2.22. The van der Waals surface area contributed by atoms with E-state index in [-0.39, 0.29) is 18.3 Å². The fourth-order valence-corrected chi connectivity index (χ4v) is 3.57. The van der Waals surface area contributed by atoms with Gasteiger partial charge in [-0.05, 0) is 25.3 Å². The Morgan fingerprint density at radius 1 is 1.27 bits per heavy atom. The van der Waals surface area contributed by atoms with Crippen molar-refractivity contribution in [1.82, 2.24) is 10.2 Å². The first-order chi connectivity index (χ1) is 12.8. The Labute approximate surface area is 156 Å². The van der Waals surface area contributed by atoms with Crippen molar-refractivity contribution in [2.24, 2.45) is 4.99 Å².